The lowest BCUT2D eigenvalue weighted by Crippen LogP contribution is -2.27. The summed E-state index contributed by atoms with van der Waals surface area (Å²) in [6.45, 7) is 7.16. The van der Waals surface area contributed by atoms with Crippen molar-refractivity contribution in [1.82, 2.24) is 0 Å². The molecule has 0 saturated heterocycles. The van der Waals surface area contributed by atoms with Gasteiger partial charge in [0.25, 0.3) is 0 Å². The highest BCUT2D eigenvalue weighted by molar-refractivity contribution is 5.96. The maximum atomic E-state index is 11.6. The number of rotatable bonds is 3. The van der Waals surface area contributed by atoms with Gasteiger partial charge in [0.1, 0.15) is 6.10 Å². The highest BCUT2D eigenvalue weighted by Gasteiger charge is 2.21. The Balaban J connectivity index is 2.97. The molecule has 0 radical (unpaired) electrons. The molecule has 0 amide bonds. The van der Waals surface area contributed by atoms with Crippen molar-refractivity contribution < 1.29 is 19.5 Å². The molecule has 5 nitrogen and oxygen atoms in total. The topological polar surface area (TPSA) is 68.1 Å². The zero-order valence-corrected chi connectivity index (χ0v) is 12.4. The van der Waals surface area contributed by atoms with Crippen LogP contribution in [0.15, 0.2) is 29.5 Å². The molecule has 0 aromatic heterocycles. The molecule has 0 saturated carbocycles. The van der Waals surface area contributed by atoms with Crippen molar-refractivity contribution >= 4 is 11.7 Å². The average molecular weight is 281 g/mol. The number of ether oxygens (including phenoxy) is 1. The highest BCUT2D eigenvalue weighted by Crippen LogP contribution is 2.15. The number of nitrogens with zero attached hydrogens (tertiary/aromatic N) is 1. The number of oxime groups is 1. The van der Waals surface area contributed by atoms with Crippen molar-refractivity contribution in [3.8, 4) is 0 Å². The van der Waals surface area contributed by atoms with E-state index in [4.69, 9.17) is 9.57 Å². The minimum Gasteiger partial charge on any atom is -0.455 e. The molecule has 4 unspecified atom stereocenters. The highest BCUT2D eigenvalue weighted by atomic mass is 16.7. The molecule has 1 N–H and O–H groups in total. The molecule has 1 aliphatic heterocycles. The second kappa shape index (κ2) is 7.85. The molecule has 0 aromatic rings. The maximum absolute atomic E-state index is 11.6. The van der Waals surface area contributed by atoms with Crippen LogP contribution in [-0.4, -0.2) is 35.6 Å². The van der Waals surface area contributed by atoms with E-state index in [-0.39, 0.29) is 24.5 Å². The van der Waals surface area contributed by atoms with Crippen LogP contribution >= 0.6 is 0 Å². The van der Waals surface area contributed by atoms with Gasteiger partial charge in [-0.1, -0.05) is 31.2 Å². The Morgan fingerprint density at radius 3 is 2.80 bits per heavy atom. The van der Waals surface area contributed by atoms with E-state index in [1.165, 1.54) is 0 Å². The first-order valence-corrected chi connectivity index (χ1v) is 6.84. The molecule has 0 aromatic carbocycles. The van der Waals surface area contributed by atoms with E-state index in [2.05, 4.69) is 5.16 Å². The van der Waals surface area contributed by atoms with Crippen LogP contribution in [0.3, 0.4) is 0 Å². The summed E-state index contributed by atoms with van der Waals surface area (Å²) >= 11 is 0. The second-order valence-electron chi connectivity index (χ2n) is 5.02. The van der Waals surface area contributed by atoms with E-state index in [0.717, 1.165) is 0 Å². The summed E-state index contributed by atoms with van der Waals surface area (Å²) in [5.41, 5.74) is 0.612. The van der Waals surface area contributed by atoms with Crippen LogP contribution in [0.4, 0.5) is 0 Å². The molecule has 1 rings (SSSR count). The Morgan fingerprint density at radius 1 is 1.50 bits per heavy atom. The molecule has 20 heavy (non-hydrogen) atoms. The van der Waals surface area contributed by atoms with Crippen molar-refractivity contribution in [3.63, 3.8) is 0 Å². The van der Waals surface area contributed by atoms with Crippen LogP contribution in [0, 0.1) is 11.8 Å². The van der Waals surface area contributed by atoms with Crippen molar-refractivity contribution in [1.29, 1.82) is 0 Å². The minimum absolute atomic E-state index is 0.0136. The Hall–Kier alpha value is -1.62. The third-order valence-corrected chi connectivity index (χ3v) is 3.28. The van der Waals surface area contributed by atoms with Gasteiger partial charge < -0.3 is 14.7 Å². The second-order valence-corrected chi connectivity index (χ2v) is 5.02. The van der Waals surface area contributed by atoms with E-state index in [1.54, 1.807) is 6.92 Å². The number of hydrogen-bond donors (Lipinski definition) is 1. The summed E-state index contributed by atoms with van der Waals surface area (Å²) in [4.78, 5) is 16.6. The van der Waals surface area contributed by atoms with E-state index < -0.39 is 12.1 Å². The lowest BCUT2D eigenvalue weighted by Gasteiger charge is -2.21. The molecule has 0 aliphatic carbocycles. The van der Waals surface area contributed by atoms with Gasteiger partial charge >= 0.3 is 5.97 Å². The Kier molecular flexibility index (Phi) is 6.45. The monoisotopic (exact) mass is 281 g/mol. The van der Waals surface area contributed by atoms with Crippen molar-refractivity contribution in [3.05, 3.63) is 24.3 Å². The van der Waals surface area contributed by atoms with Crippen LogP contribution in [0.25, 0.3) is 0 Å². The first kappa shape index (κ1) is 16.4. The van der Waals surface area contributed by atoms with E-state index in [1.807, 2.05) is 45.1 Å². The Labute approximate surface area is 119 Å². The van der Waals surface area contributed by atoms with Crippen molar-refractivity contribution in [2.24, 2.45) is 17.0 Å². The molecule has 1 aliphatic rings. The Morgan fingerprint density at radius 2 is 2.20 bits per heavy atom. The normalized spacial score (nSPS) is 31.6. The van der Waals surface area contributed by atoms with Crippen molar-refractivity contribution in [2.75, 3.05) is 6.61 Å². The van der Waals surface area contributed by atoms with Gasteiger partial charge in [0.2, 0.25) is 6.61 Å². The van der Waals surface area contributed by atoms with Crippen LogP contribution in [0.5, 0.6) is 0 Å². The molecule has 1 heterocycles. The lowest BCUT2D eigenvalue weighted by molar-refractivity contribution is -0.153. The Bertz CT molecular complexity index is 412. The average Bonchev–Trinajstić information content (AvgIpc) is 2.40. The van der Waals surface area contributed by atoms with Crippen LogP contribution in [-0.2, 0) is 14.4 Å². The number of esters is 1. The van der Waals surface area contributed by atoms with E-state index in [9.17, 15) is 9.90 Å². The van der Waals surface area contributed by atoms with E-state index >= 15 is 0 Å². The lowest BCUT2D eigenvalue weighted by atomic mass is 9.97. The first-order chi connectivity index (χ1) is 9.45. The summed E-state index contributed by atoms with van der Waals surface area (Å²) in [7, 11) is 0. The summed E-state index contributed by atoms with van der Waals surface area (Å²) < 4.78 is 5.30. The van der Waals surface area contributed by atoms with Gasteiger partial charge in [0, 0.05) is 11.8 Å². The fourth-order valence-electron chi connectivity index (χ4n) is 1.73. The van der Waals surface area contributed by atoms with Crippen molar-refractivity contribution in [2.45, 2.75) is 39.9 Å². The van der Waals surface area contributed by atoms with Gasteiger partial charge in [-0.05, 0) is 26.0 Å². The summed E-state index contributed by atoms with van der Waals surface area (Å²) in [5.74, 6) is -0.614. The molecule has 0 fully saturated rings. The standard InChI is InChI=1S/C15H23NO4/c1-5-6-14-10(2)7-8-13(11(3)12(4)17)16-19-9-15(18)20-14/h5-8,10-12,14,17H,9H2,1-4H3/b6-5+,8-7+,16-13+. The SMILES string of the molecule is C/C=C/C1OC(=O)CO/N=C(C(C)C(C)O)\C=C\C1C. The van der Waals surface area contributed by atoms with Crippen LogP contribution in [0.2, 0.25) is 0 Å². The third kappa shape index (κ3) is 4.81. The summed E-state index contributed by atoms with van der Waals surface area (Å²) in [5, 5.41) is 13.6. The van der Waals surface area contributed by atoms with Gasteiger partial charge in [0.15, 0.2) is 0 Å². The zero-order valence-electron chi connectivity index (χ0n) is 12.4. The number of carbonyl (C=O) groups is 1. The van der Waals surface area contributed by atoms with Gasteiger partial charge in [-0.15, -0.1) is 0 Å². The van der Waals surface area contributed by atoms with Gasteiger partial charge in [-0.2, -0.15) is 0 Å². The molecule has 0 bridgehead atoms. The third-order valence-electron chi connectivity index (χ3n) is 3.28. The number of aliphatic hydroxyl groups is 1. The zero-order chi connectivity index (χ0) is 15.1. The first-order valence-electron chi connectivity index (χ1n) is 6.84. The van der Waals surface area contributed by atoms with Gasteiger partial charge in [-0.3, -0.25) is 0 Å². The number of carbonyl (C=O) groups excluding carboxylic acids is 1. The summed E-state index contributed by atoms with van der Waals surface area (Å²) in [6.07, 6.45) is 6.54. The summed E-state index contributed by atoms with van der Waals surface area (Å²) in [6, 6.07) is 0. The number of allylic oxidation sites excluding steroid dienone is 2. The van der Waals surface area contributed by atoms with Crippen LogP contribution in [0.1, 0.15) is 27.7 Å². The predicted octanol–water partition coefficient (Wildman–Crippen LogP) is 2.07. The van der Waals surface area contributed by atoms with E-state index in [0.29, 0.717) is 5.71 Å². The predicted molar refractivity (Wildman–Crippen MR) is 77.2 cm³/mol. The van der Waals surface area contributed by atoms with Gasteiger partial charge in [0.05, 0.1) is 11.8 Å². The number of cyclic esters (lactones) is 1. The smallest absolute Gasteiger partial charge is 0.347 e. The molecule has 4 atom stereocenters. The molecule has 0 spiro atoms. The molecule has 112 valence electrons. The fourth-order valence-corrected chi connectivity index (χ4v) is 1.73. The van der Waals surface area contributed by atoms with Gasteiger partial charge in [-0.25, -0.2) is 4.79 Å². The molecule has 5 heteroatoms. The molecular formula is C15H23NO4. The minimum atomic E-state index is -0.543. The number of aliphatic hydroxyl groups excluding tert-OH is 1. The van der Waals surface area contributed by atoms with Crippen LogP contribution < -0.4 is 0 Å². The largest absolute Gasteiger partial charge is 0.455 e. The quantitative estimate of drug-likeness (QED) is 0.635. The molecular weight excluding hydrogens is 258 g/mol. The fraction of sp³-hybridized carbons (Fsp3) is 0.600. The maximum Gasteiger partial charge on any atom is 0.347 e. The number of hydrogen-bond acceptors (Lipinski definition) is 5.